The zero-order valence-corrected chi connectivity index (χ0v) is 11.4. The molecule has 3 nitrogen and oxygen atoms in total. The maximum Gasteiger partial charge on any atom is 0.101 e. The van der Waals surface area contributed by atoms with Gasteiger partial charge in [0.05, 0.1) is 11.7 Å². The second kappa shape index (κ2) is 4.94. The molecule has 0 amide bonds. The molecule has 2 unspecified atom stereocenters. The quantitative estimate of drug-likeness (QED) is 0.901. The van der Waals surface area contributed by atoms with Gasteiger partial charge in [-0.25, -0.2) is 0 Å². The molecule has 2 atom stereocenters. The number of hydrogen-bond donors (Lipinski definition) is 1. The number of aliphatic hydroxyl groups excluding tert-OH is 1. The van der Waals surface area contributed by atoms with E-state index in [4.69, 9.17) is 0 Å². The van der Waals surface area contributed by atoms with E-state index in [1.165, 1.54) is 5.56 Å². The molecule has 0 aliphatic heterocycles. The molecular weight excluding hydrogens is 224 g/mol. The van der Waals surface area contributed by atoms with E-state index in [9.17, 15) is 5.11 Å². The van der Waals surface area contributed by atoms with Gasteiger partial charge in [0.15, 0.2) is 0 Å². The first kappa shape index (κ1) is 12.8. The summed E-state index contributed by atoms with van der Waals surface area (Å²) in [6.07, 6.45) is -0.538. The van der Waals surface area contributed by atoms with E-state index in [2.05, 4.69) is 12.0 Å². The molecule has 0 spiro atoms. The van der Waals surface area contributed by atoms with E-state index in [0.717, 1.165) is 17.0 Å². The van der Waals surface area contributed by atoms with Gasteiger partial charge in [0.1, 0.15) is 6.10 Å². The average molecular weight is 244 g/mol. The van der Waals surface area contributed by atoms with Crippen LogP contribution in [0.25, 0.3) is 0 Å². The average Bonchev–Trinajstić information content (AvgIpc) is 2.66. The van der Waals surface area contributed by atoms with Gasteiger partial charge in [-0.1, -0.05) is 30.3 Å². The molecule has 1 aromatic carbocycles. The number of rotatable bonds is 3. The van der Waals surface area contributed by atoms with E-state index >= 15 is 0 Å². The Kier molecular flexibility index (Phi) is 3.53. The van der Waals surface area contributed by atoms with E-state index in [0.29, 0.717) is 0 Å². The van der Waals surface area contributed by atoms with Gasteiger partial charge >= 0.3 is 0 Å². The van der Waals surface area contributed by atoms with Crippen LogP contribution >= 0.6 is 0 Å². The molecule has 0 bridgehead atoms. The maximum absolute atomic E-state index is 10.4. The highest BCUT2D eigenvalue weighted by Crippen LogP contribution is 2.27. The molecule has 2 rings (SSSR count). The Balaban J connectivity index is 2.31. The van der Waals surface area contributed by atoms with E-state index in [1.54, 1.807) is 0 Å². The predicted octanol–water partition coefficient (Wildman–Crippen LogP) is 3.10. The Morgan fingerprint density at radius 2 is 1.72 bits per heavy atom. The van der Waals surface area contributed by atoms with Gasteiger partial charge in [-0.2, -0.15) is 5.10 Å². The first-order valence-electron chi connectivity index (χ1n) is 6.27. The summed E-state index contributed by atoms with van der Waals surface area (Å²) < 4.78 is 1.92. The molecule has 0 fully saturated rings. The van der Waals surface area contributed by atoms with Crippen molar-refractivity contribution in [1.29, 1.82) is 0 Å². The monoisotopic (exact) mass is 244 g/mol. The number of aromatic nitrogens is 2. The fourth-order valence-corrected chi connectivity index (χ4v) is 2.20. The van der Waals surface area contributed by atoms with Crippen LogP contribution < -0.4 is 0 Å². The normalized spacial score (nSPS) is 14.5. The van der Waals surface area contributed by atoms with Gasteiger partial charge in [-0.3, -0.25) is 4.68 Å². The van der Waals surface area contributed by atoms with Crippen LogP contribution in [0.4, 0.5) is 0 Å². The van der Waals surface area contributed by atoms with Crippen LogP contribution in [0, 0.1) is 20.8 Å². The SMILES string of the molecule is Cc1nn(C(C)C(O)c2ccccc2)c(C)c1C. The Hall–Kier alpha value is -1.61. The Labute approximate surface area is 108 Å². The van der Waals surface area contributed by atoms with E-state index in [1.807, 2.05) is 55.8 Å². The number of hydrogen-bond acceptors (Lipinski definition) is 2. The standard InChI is InChI=1S/C15H20N2O/c1-10-11(2)16-17(12(10)3)13(4)15(18)14-8-6-5-7-9-14/h5-9,13,15,18H,1-4H3. The van der Waals surface area contributed by atoms with Crippen LogP contribution in [0.1, 0.15) is 41.6 Å². The lowest BCUT2D eigenvalue weighted by Gasteiger charge is -2.21. The molecule has 0 saturated carbocycles. The van der Waals surface area contributed by atoms with E-state index < -0.39 is 6.10 Å². The van der Waals surface area contributed by atoms with Gasteiger partial charge in [0, 0.05) is 5.69 Å². The minimum atomic E-state index is -0.538. The summed E-state index contributed by atoms with van der Waals surface area (Å²) in [5.74, 6) is 0. The van der Waals surface area contributed by atoms with Crippen LogP contribution in [0.15, 0.2) is 30.3 Å². The van der Waals surface area contributed by atoms with Gasteiger partial charge in [-0.15, -0.1) is 0 Å². The lowest BCUT2D eigenvalue weighted by Crippen LogP contribution is -2.17. The molecule has 18 heavy (non-hydrogen) atoms. The van der Waals surface area contributed by atoms with Gasteiger partial charge in [0.25, 0.3) is 0 Å². The minimum Gasteiger partial charge on any atom is -0.386 e. The van der Waals surface area contributed by atoms with Gasteiger partial charge in [-0.05, 0) is 38.8 Å². The highest BCUT2D eigenvalue weighted by molar-refractivity contribution is 5.24. The zero-order chi connectivity index (χ0) is 13.3. The summed E-state index contributed by atoms with van der Waals surface area (Å²) in [5.41, 5.74) is 4.27. The van der Waals surface area contributed by atoms with Crippen molar-refractivity contribution in [2.24, 2.45) is 0 Å². The predicted molar refractivity (Wildman–Crippen MR) is 72.6 cm³/mol. The third-order valence-electron chi connectivity index (χ3n) is 3.67. The second-order valence-electron chi connectivity index (χ2n) is 4.84. The van der Waals surface area contributed by atoms with Crippen molar-refractivity contribution in [2.75, 3.05) is 0 Å². The lowest BCUT2D eigenvalue weighted by atomic mass is 10.0. The molecule has 1 N–H and O–H groups in total. The van der Waals surface area contributed by atoms with Crippen molar-refractivity contribution in [3.8, 4) is 0 Å². The first-order chi connectivity index (χ1) is 8.52. The van der Waals surface area contributed by atoms with Gasteiger partial charge in [0.2, 0.25) is 0 Å². The largest absolute Gasteiger partial charge is 0.386 e. The Bertz CT molecular complexity index is 531. The number of nitrogens with zero attached hydrogens (tertiary/aromatic N) is 2. The molecule has 0 aliphatic rings. The van der Waals surface area contributed by atoms with Crippen molar-refractivity contribution in [3.05, 3.63) is 52.8 Å². The smallest absolute Gasteiger partial charge is 0.101 e. The fraction of sp³-hybridized carbons (Fsp3) is 0.400. The highest BCUT2D eigenvalue weighted by atomic mass is 16.3. The van der Waals surface area contributed by atoms with Crippen molar-refractivity contribution < 1.29 is 5.11 Å². The number of aliphatic hydroxyl groups is 1. The van der Waals surface area contributed by atoms with Crippen molar-refractivity contribution in [2.45, 2.75) is 39.8 Å². The van der Waals surface area contributed by atoms with Crippen LogP contribution in [0.5, 0.6) is 0 Å². The molecular formula is C15H20N2O. The molecule has 1 aromatic heterocycles. The van der Waals surface area contributed by atoms with Crippen LogP contribution in [-0.4, -0.2) is 14.9 Å². The topological polar surface area (TPSA) is 38.0 Å². The van der Waals surface area contributed by atoms with Gasteiger partial charge < -0.3 is 5.11 Å². The summed E-state index contributed by atoms with van der Waals surface area (Å²) in [6.45, 7) is 8.11. The first-order valence-corrected chi connectivity index (χ1v) is 6.27. The third-order valence-corrected chi connectivity index (χ3v) is 3.67. The van der Waals surface area contributed by atoms with Crippen LogP contribution in [0.2, 0.25) is 0 Å². The summed E-state index contributed by atoms with van der Waals surface area (Å²) in [4.78, 5) is 0. The molecule has 2 aromatic rings. The Morgan fingerprint density at radius 3 is 2.22 bits per heavy atom. The van der Waals surface area contributed by atoms with E-state index in [-0.39, 0.29) is 6.04 Å². The molecule has 1 heterocycles. The molecule has 0 radical (unpaired) electrons. The summed E-state index contributed by atoms with van der Waals surface area (Å²) in [5, 5.41) is 14.9. The fourth-order valence-electron chi connectivity index (χ4n) is 2.20. The van der Waals surface area contributed by atoms with Crippen molar-refractivity contribution >= 4 is 0 Å². The minimum absolute atomic E-state index is 0.0696. The van der Waals surface area contributed by atoms with Crippen molar-refractivity contribution in [3.63, 3.8) is 0 Å². The third kappa shape index (κ3) is 2.18. The lowest BCUT2D eigenvalue weighted by molar-refractivity contribution is 0.114. The molecule has 96 valence electrons. The van der Waals surface area contributed by atoms with Crippen LogP contribution in [0.3, 0.4) is 0 Å². The number of aryl methyl sites for hydroxylation is 1. The van der Waals surface area contributed by atoms with Crippen molar-refractivity contribution in [1.82, 2.24) is 9.78 Å². The summed E-state index contributed by atoms with van der Waals surface area (Å²) >= 11 is 0. The highest BCUT2D eigenvalue weighted by Gasteiger charge is 2.21. The summed E-state index contributed by atoms with van der Waals surface area (Å²) in [7, 11) is 0. The molecule has 0 saturated heterocycles. The Morgan fingerprint density at radius 1 is 1.11 bits per heavy atom. The maximum atomic E-state index is 10.4. The molecule has 3 heteroatoms. The zero-order valence-electron chi connectivity index (χ0n) is 11.4. The van der Waals surface area contributed by atoms with Crippen LogP contribution in [-0.2, 0) is 0 Å². The molecule has 0 aliphatic carbocycles. The number of benzene rings is 1. The second-order valence-corrected chi connectivity index (χ2v) is 4.84. The summed E-state index contributed by atoms with van der Waals surface area (Å²) in [6, 6.07) is 9.66.